The maximum Gasteiger partial charge on any atom is 0.524 e. The minimum absolute atomic E-state index is 0.115. The molecule has 0 spiro atoms. The molecular weight excluding hydrogens is 335 g/mol. The zero-order valence-electron chi connectivity index (χ0n) is 12.7. The summed E-state index contributed by atoms with van der Waals surface area (Å²) in [5.41, 5.74) is 1.10. The van der Waals surface area contributed by atoms with Gasteiger partial charge in [-0.25, -0.2) is 4.57 Å². The van der Waals surface area contributed by atoms with E-state index in [2.05, 4.69) is 4.52 Å². The van der Waals surface area contributed by atoms with Crippen LogP contribution in [0.15, 0.2) is 42.5 Å². The second kappa shape index (κ2) is 7.68. The SMILES string of the molecule is O=P(O)(O)Oc1ccc(O)cc1C(O)CCCc1ccc(O)cc1. The number of hydrogen-bond donors (Lipinski definition) is 5. The Bertz CT molecular complexity index is 724. The van der Waals surface area contributed by atoms with Crippen LogP contribution in [0.2, 0.25) is 0 Å². The van der Waals surface area contributed by atoms with Gasteiger partial charge in [0.1, 0.15) is 17.2 Å². The van der Waals surface area contributed by atoms with Crippen molar-refractivity contribution in [3.63, 3.8) is 0 Å². The molecule has 0 bridgehead atoms. The van der Waals surface area contributed by atoms with E-state index in [1.165, 1.54) is 18.2 Å². The van der Waals surface area contributed by atoms with Gasteiger partial charge in [-0.15, -0.1) is 0 Å². The first-order chi connectivity index (χ1) is 11.2. The highest BCUT2D eigenvalue weighted by molar-refractivity contribution is 7.46. The van der Waals surface area contributed by atoms with Crippen LogP contribution >= 0.6 is 7.82 Å². The summed E-state index contributed by atoms with van der Waals surface area (Å²) in [6.45, 7) is 0. The van der Waals surface area contributed by atoms with Gasteiger partial charge in [-0.3, -0.25) is 9.79 Å². The third kappa shape index (κ3) is 5.54. The van der Waals surface area contributed by atoms with Gasteiger partial charge in [0.25, 0.3) is 0 Å². The Balaban J connectivity index is 2.03. The van der Waals surface area contributed by atoms with Crippen molar-refractivity contribution in [2.75, 3.05) is 0 Å². The zero-order chi connectivity index (χ0) is 17.7. The molecule has 0 fully saturated rings. The van der Waals surface area contributed by atoms with Crippen molar-refractivity contribution >= 4 is 7.82 Å². The van der Waals surface area contributed by atoms with Crippen LogP contribution in [-0.4, -0.2) is 25.1 Å². The summed E-state index contributed by atoms with van der Waals surface area (Å²) in [6, 6.07) is 10.3. The van der Waals surface area contributed by atoms with Gasteiger partial charge in [0, 0.05) is 5.56 Å². The number of phosphoric ester groups is 1. The molecule has 0 saturated carbocycles. The molecule has 0 aliphatic rings. The van der Waals surface area contributed by atoms with E-state index in [0.29, 0.717) is 19.3 Å². The number of benzene rings is 2. The van der Waals surface area contributed by atoms with Gasteiger partial charge in [0.2, 0.25) is 0 Å². The number of phenolic OH excluding ortho intramolecular Hbond substituents is 2. The fraction of sp³-hybridized carbons (Fsp3) is 0.250. The summed E-state index contributed by atoms with van der Waals surface area (Å²) in [7, 11) is -4.76. The first-order valence-corrected chi connectivity index (χ1v) is 8.81. The maximum atomic E-state index is 11.0. The van der Waals surface area contributed by atoms with Crippen molar-refractivity contribution in [1.29, 1.82) is 0 Å². The minimum Gasteiger partial charge on any atom is -0.508 e. The van der Waals surface area contributed by atoms with Crippen molar-refractivity contribution in [1.82, 2.24) is 0 Å². The van der Waals surface area contributed by atoms with Crippen molar-refractivity contribution in [3.8, 4) is 17.2 Å². The highest BCUT2D eigenvalue weighted by Crippen LogP contribution is 2.42. The third-order valence-corrected chi connectivity index (χ3v) is 3.88. The Hall–Kier alpha value is -2.05. The number of aliphatic hydroxyl groups is 1. The molecule has 1 atom stereocenters. The second-order valence-electron chi connectivity index (χ2n) is 5.38. The summed E-state index contributed by atoms with van der Waals surface area (Å²) >= 11 is 0. The van der Waals surface area contributed by atoms with E-state index in [-0.39, 0.29) is 22.8 Å². The molecule has 7 nitrogen and oxygen atoms in total. The van der Waals surface area contributed by atoms with E-state index in [1.54, 1.807) is 24.3 Å². The lowest BCUT2D eigenvalue weighted by molar-refractivity contribution is 0.161. The van der Waals surface area contributed by atoms with Crippen LogP contribution in [0.1, 0.15) is 30.1 Å². The first-order valence-electron chi connectivity index (χ1n) is 7.28. The van der Waals surface area contributed by atoms with Crippen molar-refractivity contribution in [3.05, 3.63) is 53.6 Å². The quantitative estimate of drug-likeness (QED) is 0.484. The Kier molecular flexibility index (Phi) is 5.85. The van der Waals surface area contributed by atoms with Crippen LogP contribution in [0.3, 0.4) is 0 Å². The number of rotatable bonds is 7. The van der Waals surface area contributed by atoms with Crippen molar-refractivity contribution in [2.45, 2.75) is 25.4 Å². The Morgan fingerprint density at radius 1 is 1.00 bits per heavy atom. The summed E-state index contributed by atoms with van der Waals surface area (Å²) in [6.07, 6.45) is 0.514. The molecule has 1 unspecified atom stereocenters. The van der Waals surface area contributed by atoms with Crippen LogP contribution in [0, 0.1) is 0 Å². The zero-order valence-corrected chi connectivity index (χ0v) is 13.6. The van der Waals surface area contributed by atoms with Gasteiger partial charge in [-0.2, -0.15) is 0 Å². The van der Waals surface area contributed by atoms with E-state index in [9.17, 15) is 19.9 Å². The van der Waals surface area contributed by atoms with Gasteiger partial charge in [-0.1, -0.05) is 12.1 Å². The normalized spacial score (nSPS) is 12.8. The van der Waals surface area contributed by atoms with E-state index in [1.807, 2.05) is 0 Å². The van der Waals surface area contributed by atoms with E-state index in [4.69, 9.17) is 9.79 Å². The maximum absolute atomic E-state index is 11.0. The first kappa shape index (κ1) is 18.3. The molecule has 0 heterocycles. The van der Waals surface area contributed by atoms with Gasteiger partial charge in [-0.05, 0) is 55.2 Å². The van der Waals surface area contributed by atoms with Crippen LogP contribution in [0.25, 0.3) is 0 Å². The number of aryl methyl sites for hydroxylation is 1. The predicted octanol–water partition coefficient (Wildman–Crippen LogP) is 2.63. The van der Waals surface area contributed by atoms with Crippen LogP contribution in [-0.2, 0) is 11.0 Å². The molecule has 0 aliphatic carbocycles. The van der Waals surface area contributed by atoms with E-state index >= 15 is 0 Å². The lowest BCUT2D eigenvalue weighted by Crippen LogP contribution is -2.02. The van der Waals surface area contributed by atoms with Crippen LogP contribution in [0.5, 0.6) is 17.2 Å². The molecule has 24 heavy (non-hydrogen) atoms. The molecule has 2 aromatic carbocycles. The average molecular weight is 354 g/mol. The van der Waals surface area contributed by atoms with E-state index in [0.717, 1.165) is 5.56 Å². The molecule has 0 radical (unpaired) electrons. The summed E-state index contributed by atoms with van der Waals surface area (Å²) in [5, 5.41) is 29.0. The number of phosphoric acid groups is 1. The molecule has 2 aromatic rings. The van der Waals surface area contributed by atoms with Crippen molar-refractivity contribution in [2.24, 2.45) is 0 Å². The molecule has 0 aromatic heterocycles. The van der Waals surface area contributed by atoms with Crippen LogP contribution in [0.4, 0.5) is 0 Å². The predicted molar refractivity (Wildman–Crippen MR) is 86.8 cm³/mol. The molecule has 0 saturated heterocycles. The molecular formula is C16H19O7P. The Morgan fingerprint density at radius 3 is 2.25 bits per heavy atom. The highest BCUT2D eigenvalue weighted by atomic mass is 31.2. The lowest BCUT2D eigenvalue weighted by Gasteiger charge is -2.17. The molecule has 0 aliphatic heterocycles. The minimum atomic E-state index is -4.76. The standard InChI is InChI=1S/C16H19O7P/c17-12-6-4-11(5-7-12)2-1-3-15(19)14-10-13(18)8-9-16(14)23-24(20,21)22/h4-10,15,17-19H,1-3H2,(H2,20,21,22). The Morgan fingerprint density at radius 2 is 1.62 bits per heavy atom. The average Bonchev–Trinajstić information content (AvgIpc) is 2.49. The number of aliphatic hydroxyl groups excluding tert-OH is 1. The molecule has 8 heteroatoms. The number of phenols is 2. The Labute approximate surface area is 139 Å². The highest BCUT2D eigenvalue weighted by Gasteiger charge is 2.22. The summed E-state index contributed by atoms with van der Waals surface area (Å²) in [5.74, 6) is -0.128. The monoisotopic (exact) mass is 354 g/mol. The fourth-order valence-electron chi connectivity index (χ4n) is 2.33. The molecule has 130 valence electrons. The molecule has 0 amide bonds. The lowest BCUT2D eigenvalue weighted by atomic mass is 10.0. The van der Waals surface area contributed by atoms with Gasteiger partial charge in [0.15, 0.2) is 0 Å². The van der Waals surface area contributed by atoms with Gasteiger partial charge in [0.05, 0.1) is 6.10 Å². The van der Waals surface area contributed by atoms with Gasteiger partial charge >= 0.3 is 7.82 Å². The molecule has 5 N–H and O–H groups in total. The topological polar surface area (TPSA) is 127 Å². The molecule has 2 rings (SSSR count). The number of hydrogen-bond acceptors (Lipinski definition) is 5. The van der Waals surface area contributed by atoms with E-state index < -0.39 is 13.9 Å². The van der Waals surface area contributed by atoms with Crippen LogP contribution < -0.4 is 4.52 Å². The smallest absolute Gasteiger partial charge is 0.508 e. The second-order valence-corrected chi connectivity index (χ2v) is 6.54. The summed E-state index contributed by atoms with van der Waals surface area (Å²) in [4.78, 5) is 17.8. The largest absolute Gasteiger partial charge is 0.524 e. The van der Waals surface area contributed by atoms with Gasteiger partial charge < -0.3 is 19.8 Å². The fourth-order valence-corrected chi connectivity index (χ4v) is 2.75. The summed E-state index contributed by atoms with van der Waals surface area (Å²) < 4.78 is 15.5. The third-order valence-electron chi connectivity index (χ3n) is 3.45. The number of aromatic hydroxyl groups is 2. The van der Waals surface area contributed by atoms with Crippen molar-refractivity contribution < 1.29 is 34.2 Å².